The number of nitrogens with zero attached hydrogens (tertiary/aromatic N) is 1. The number of carbonyl (C=O) groups excluding carboxylic acids is 2. The molecule has 10 heteroatoms. The van der Waals surface area contributed by atoms with Crippen LogP contribution in [-0.2, 0) is 16.1 Å². The number of benzene rings is 2. The lowest BCUT2D eigenvalue weighted by Crippen LogP contribution is -2.36. The number of hydrogen-bond acceptors (Lipinski definition) is 5. The van der Waals surface area contributed by atoms with Crippen molar-refractivity contribution in [1.82, 2.24) is 15.6 Å². The van der Waals surface area contributed by atoms with Gasteiger partial charge in [0.05, 0.1) is 13.1 Å². The highest BCUT2D eigenvalue weighted by Gasteiger charge is 2.07. The van der Waals surface area contributed by atoms with Crippen LogP contribution in [-0.4, -0.2) is 36.7 Å². The Bertz CT molecular complexity index is 1100. The third-order valence-electron chi connectivity index (χ3n) is 4.18. The van der Waals surface area contributed by atoms with E-state index in [9.17, 15) is 14.0 Å². The Morgan fingerprint density at radius 2 is 1.90 bits per heavy atom. The highest BCUT2D eigenvalue weighted by Crippen LogP contribution is 2.20. The molecule has 162 valence electrons. The van der Waals surface area contributed by atoms with Gasteiger partial charge in [-0.3, -0.25) is 10.1 Å². The number of amides is 2. The summed E-state index contributed by atoms with van der Waals surface area (Å²) < 4.78 is 18.3. The van der Waals surface area contributed by atoms with E-state index in [-0.39, 0.29) is 37.2 Å². The van der Waals surface area contributed by atoms with E-state index in [1.807, 2.05) is 0 Å². The molecule has 0 fully saturated rings. The van der Waals surface area contributed by atoms with Gasteiger partial charge in [0.1, 0.15) is 18.2 Å². The Kier molecular flexibility index (Phi) is 8.00. The van der Waals surface area contributed by atoms with Crippen molar-refractivity contribution in [2.45, 2.75) is 6.54 Å². The van der Waals surface area contributed by atoms with Gasteiger partial charge >= 0.3 is 6.09 Å². The summed E-state index contributed by atoms with van der Waals surface area (Å²) >= 11 is 12.0. The Morgan fingerprint density at radius 3 is 2.74 bits per heavy atom. The molecule has 7 nitrogen and oxygen atoms in total. The van der Waals surface area contributed by atoms with Crippen LogP contribution in [0.1, 0.15) is 5.56 Å². The van der Waals surface area contributed by atoms with Gasteiger partial charge in [-0.25, -0.2) is 14.2 Å². The van der Waals surface area contributed by atoms with Crippen LogP contribution in [0.3, 0.4) is 0 Å². The maximum absolute atomic E-state index is 13.3. The average molecular weight is 465 g/mol. The third-order valence-corrected chi connectivity index (χ3v) is 4.78. The van der Waals surface area contributed by atoms with Crippen LogP contribution in [0.5, 0.6) is 0 Å². The van der Waals surface area contributed by atoms with Gasteiger partial charge < -0.3 is 15.4 Å². The van der Waals surface area contributed by atoms with Gasteiger partial charge in [-0.15, -0.1) is 0 Å². The molecule has 0 aliphatic rings. The Labute approximate surface area is 187 Å². The molecule has 2 aromatic carbocycles. The quantitative estimate of drug-likeness (QED) is 0.435. The number of aromatic nitrogens is 1. The average Bonchev–Trinajstić information content (AvgIpc) is 2.73. The van der Waals surface area contributed by atoms with Crippen molar-refractivity contribution < 1.29 is 18.7 Å². The van der Waals surface area contributed by atoms with Crippen molar-refractivity contribution in [3.8, 4) is 0 Å². The molecule has 0 saturated carbocycles. The lowest BCUT2D eigenvalue weighted by Gasteiger charge is -2.09. The second kappa shape index (κ2) is 10.9. The fraction of sp³-hybridized carbons (Fsp3) is 0.190. The Hall–Kier alpha value is -2.94. The van der Waals surface area contributed by atoms with E-state index in [0.29, 0.717) is 22.0 Å². The highest BCUT2D eigenvalue weighted by molar-refractivity contribution is 6.33. The van der Waals surface area contributed by atoms with E-state index >= 15 is 0 Å². The van der Waals surface area contributed by atoms with Crippen molar-refractivity contribution in [3.63, 3.8) is 0 Å². The summed E-state index contributed by atoms with van der Waals surface area (Å²) in [7, 11) is 0. The summed E-state index contributed by atoms with van der Waals surface area (Å²) in [6.45, 7) is 0.559. The maximum atomic E-state index is 13.3. The second-order valence-electron chi connectivity index (χ2n) is 6.51. The molecular weight excluding hydrogens is 446 g/mol. The molecule has 0 bridgehead atoms. The zero-order valence-corrected chi connectivity index (χ0v) is 17.8. The predicted molar refractivity (Wildman–Crippen MR) is 118 cm³/mol. The van der Waals surface area contributed by atoms with E-state index in [4.69, 9.17) is 27.9 Å². The number of fused-ring (bicyclic) bond motifs is 1. The fourth-order valence-electron chi connectivity index (χ4n) is 2.71. The highest BCUT2D eigenvalue weighted by atomic mass is 35.5. The molecule has 3 aromatic rings. The summed E-state index contributed by atoms with van der Waals surface area (Å²) in [5.74, 6) is -0.412. The normalized spacial score (nSPS) is 10.7. The third kappa shape index (κ3) is 7.06. The van der Waals surface area contributed by atoms with Crippen LogP contribution in [0.25, 0.3) is 10.8 Å². The monoisotopic (exact) mass is 464 g/mol. The topological polar surface area (TPSA) is 92.4 Å². The lowest BCUT2D eigenvalue weighted by molar-refractivity contribution is -0.120. The van der Waals surface area contributed by atoms with Crippen molar-refractivity contribution >= 4 is 51.8 Å². The van der Waals surface area contributed by atoms with Gasteiger partial charge in [-0.2, -0.15) is 0 Å². The minimum atomic E-state index is -0.730. The van der Waals surface area contributed by atoms with Crippen molar-refractivity contribution in [2.24, 2.45) is 0 Å². The number of ether oxygens (including phenoxy) is 1. The fourth-order valence-corrected chi connectivity index (χ4v) is 3.09. The van der Waals surface area contributed by atoms with E-state index in [1.54, 1.807) is 30.3 Å². The number of hydrogen-bond donors (Lipinski definition) is 3. The minimum absolute atomic E-state index is 0.0279. The number of carbonyl (C=O) groups is 2. The molecule has 0 spiro atoms. The molecule has 1 heterocycles. The van der Waals surface area contributed by atoms with Gasteiger partial charge in [0.25, 0.3) is 0 Å². The van der Waals surface area contributed by atoms with E-state index in [2.05, 4.69) is 20.9 Å². The van der Waals surface area contributed by atoms with Gasteiger partial charge in [0.15, 0.2) is 0 Å². The first-order chi connectivity index (χ1) is 14.9. The molecule has 1 aromatic heterocycles. The lowest BCUT2D eigenvalue weighted by atomic mass is 10.2. The van der Waals surface area contributed by atoms with Crippen LogP contribution < -0.4 is 16.0 Å². The van der Waals surface area contributed by atoms with E-state index in [0.717, 1.165) is 10.9 Å². The number of rotatable bonds is 8. The molecule has 0 unspecified atom stereocenters. The maximum Gasteiger partial charge on any atom is 0.412 e. The van der Waals surface area contributed by atoms with E-state index in [1.165, 1.54) is 18.3 Å². The number of anilines is 1. The number of nitrogens with one attached hydrogen (secondary N) is 3. The number of pyridine rings is 1. The van der Waals surface area contributed by atoms with Crippen LogP contribution in [0.2, 0.25) is 10.0 Å². The van der Waals surface area contributed by atoms with Crippen LogP contribution in [0, 0.1) is 5.82 Å². The van der Waals surface area contributed by atoms with Crippen LogP contribution in [0.15, 0.2) is 48.7 Å². The standard InChI is InChI=1S/C21H19Cl2FN4O3/c22-16-2-4-18(23)15(7-16)10-25-12-20(29)26-5-6-31-21(30)28-19-9-14-8-17(24)3-1-13(14)11-27-19/h1-4,7-9,11,25H,5-6,10,12H2,(H,26,29)(H,27,28,30). The Morgan fingerprint density at radius 1 is 1.06 bits per heavy atom. The molecule has 2 amide bonds. The molecule has 0 aliphatic carbocycles. The molecule has 0 atom stereocenters. The largest absolute Gasteiger partial charge is 0.447 e. The first-order valence-corrected chi connectivity index (χ1v) is 10.1. The summed E-state index contributed by atoms with van der Waals surface area (Å²) in [4.78, 5) is 27.8. The first-order valence-electron chi connectivity index (χ1n) is 9.31. The second-order valence-corrected chi connectivity index (χ2v) is 7.35. The number of halogens is 3. The summed E-state index contributed by atoms with van der Waals surface area (Å²) in [5.41, 5.74) is 0.784. The van der Waals surface area contributed by atoms with Crippen molar-refractivity contribution in [2.75, 3.05) is 25.0 Å². The first kappa shape index (κ1) is 22.7. The van der Waals surface area contributed by atoms with Crippen LogP contribution >= 0.6 is 23.2 Å². The van der Waals surface area contributed by atoms with Gasteiger partial charge in [0, 0.05) is 28.2 Å². The molecule has 3 rings (SSSR count). The van der Waals surface area contributed by atoms with Crippen molar-refractivity contribution in [3.05, 3.63) is 70.1 Å². The molecule has 31 heavy (non-hydrogen) atoms. The minimum Gasteiger partial charge on any atom is -0.447 e. The SMILES string of the molecule is O=C(CNCc1cc(Cl)ccc1Cl)NCCOC(=O)Nc1cc2cc(F)ccc2cn1. The van der Waals surface area contributed by atoms with Crippen molar-refractivity contribution in [1.29, 1.82) is 0 Å². The van der Waals surface area contributed by atoms with Gasteiger partial charge in [0.2, 0.25) is 5.91 Å². The predicted octanol–water partition coefficient (Wildman–Crippen LogP) is 4.14. The van der Waals surface area contributed by atoms with Gasteiger partial charge in [-0.1, -0.05) is 23.2 Å². The zero-order valence-electron chi connectivity index (χ0n) is 16.3. The smallest absolute Gasteiger partial charge is 0.412 e. The van der Waals surface area contributed by atoms with Gasteiger partial charge in [-0.05, 0) is 53.4 Å². The zero-order chi connectivity index (χ0) is 22.2. The van der Waals surface area contributed by atoms with E-state index < -0.39 is 6.09 Å². The molecular formula is C21H19Cl2FN4O3. The summed E-state index contributed by atoms with van der Waals surface area (Å²) in [6.07, 6.45) is 0.792. The Balaban J connectivity index is 1.34. The summed E-state index contributed by atoms with van der Waals surface area (Å²) in [6, 6.07) is 10.9. The summed E-state index contributed by atoms with van der Waals surface area (Å²) in [5, 5.41) is 10.5. The van der Waals surface area contributed by atoms with Crippen LogP contribution in [0.4, 0.5) is 15.0 Å². The molecule has 3 N–H and O–H groups in total. The molecule has 0 radical (unpaired) electrons. The molecule has 0 aliphatic heterocycles. The molecule has 0 saturated heterocycles.